The average molecular weight is 288 g/mol. The number of nitrogens with one attached hydrogen (secondary N) is 1. The number of halogens is 1. The quantitative estimate of drug-likeness (QED) is 0.717. The monoisotopic (exact) mass is 287 g/mol. The minimum Gasteiger partial charge on any atom is -0.351 e. The van der Waals surface area contributed by atoms with E-state index in [1.54, 1.807) is 11.3 Å². The van der Waals surface area contributed by atoms with E-state index in [9.17, 15) is 4.79 Å². The van der Waals surface area contributed by atoms with Crippen LogP contribution >= 0.6 is 22.9 Å². The number of aryl methyl sites for hydroxylation is 1. The van der Waals surface area contributed by atoms with Gasteiger partial charge in [0.15, 0.2) is 0 Å². The van der Waals surface area contributed by atoms with Gasteiger partial charge < -0.3 is 5.32 Å². The van der Waals surface area contributed by atoms with Crippen LogP contribution in [0, 0.1) is 5.92 Å². The number of hydrogen-bond donors (Lipinski definition) is 1. The molecule has 0 radical (unpaired) electrons. The van der Waals surface area contributed by atoms with Crippen molar-refractivity contribution in [3.05, 3.63) is 21.9 Å². The molecule has 0 bridgehead atoms. The molecule has 1 unspecified atom stereocenters. The van der Waals surface area contributed by atoms with Crippen molar-refractivity contribution in [2.45, 2.75) is 39.5 Å². The minimum absolute atomic E-state index is 0.0513. The van der Waals surface area contributed by atoms with Gasteiger partial charge in [0.2, 0.25) is 0 Å². The Morgan fingerprint density at radius 2 is 2.17 bits per heavy atom. The first-order valence-corrected chi connectivity index (χ1v) is 7.99. The fourth-order valence-corrected chi connectivity index (χ4v) is 3.10. The number of hydrogen-bond acceptors (Lipinski definition) is 2. The van der Waals surface area contributed by atoms with E-state index in [0.29, 0.717) is 11.8 Å². The maximum atomic E-state index is 12.0. The van der Waals surface area contributed by atoms with Gasteiger partial charge in [-0.15, -0.1) is 22.9 Å². The van der Waals surface area contributed by atoms with Crippen LogP contribution in [0.5, 0.6) is 0 Å². The first-order chi connectivity index (χ1) is 8.71. The van der Waals surface area contributed by atoms with Crippen molar-refractivity contribution in [2.24, 2.45) is 5.92 Å². The molecule has 1 atom stereocenters. The van der Waals surface area contributed by atoms with Crippen LogP contribution in [0.15, 0.2) is 12.1 Å². The maximum Gasteiger partial charge on any atom is 0.261 e. The Morgan fingerprint density at radius 1 is 1.39 bits per heavy atom. The Kier molecular flexibility index (Phi) is 7.36. The van der Waals surface area contributed by atoms with Gasteiger partial charge in [-0.25, -0.2) is 0 Å². The van der Waals surface area contributed by atoms with Crippen molar-refractivity contribution in [3.63, 3.8) is 0 Å². The fraction of sp³-hybridized carbons (Fsp3) is 0.643. The van der Waals surface area contributed by atoms with Crippen LogP contribution in [0.25, 0.3) is 0 Å². The first kappa shape index (κ1) is 15.5. The molecule has 0 aliphatic heterocycles. The number of alkyl halides is 1. The van der Waals surface area contributed by atoms with E-state index in [0.717, 1.165) is 37.1 Å². The third kappa shape index (κ3) is 4.99. The SMILES string of the molecule is CCCC(CCCl)CNC(=O)c1ccc(CC)s1. The molecule has 1 N–H and O–H groups in total. The molecule has 1 aromatic heterocycles. The van der Waals surface area contributed by atoms with E-state index < -0.39 is 0 Å². The van der Waals surface area contributed by atoms with Crippen LogP contribution in [0.1, 0.15) is 47.7 Å². The van der Waals surface area contributed by atoms with Crippen LogP contribution in [-0.4, -0.2) is 18.3 Å². The molecular formula is C14H22ClNOS. The van der Waals surface area contributed by atoms with E-state index in [4.69, 9.17) is 11.6 Å². The number of amides is 1. The van der Waals surface area contributed by atoms with Crippen molar-refractivity contribution >= 4 is 28.8 Å². The predicted molar refractivity (Wildman–Crippen MR) is 79.8 cm³/mol. The highest BCUT2D eigenvalue weighted by Crippen LogP contribution is 2.17. The van der Waals surface area contributed by atoms with Gasteiger partial charge in [-0.2, -0.15) is 0 Å². The highest BCUT2D eigenvalue weighted by atomic mass is 35.5. The van der Waals surface area contributed by atoms with Crippen LogP contribution in [-0.2, 0) is 6.42 Å². The highest BCUT2D eigenvalue weighted by Gasteiger charge is 2.12. The summed E-state index contributed by atoms with van der Waals surface area (Å²) in [4.78, 5) is 14.0. The lowest BCUT2D eigenvalue weighted by Gasteiger charge is -2.15. The van der Waals surface area contributed by atoms with Gasteiger partial charge in [0.25, 0.3) is 5.91 Å². The summed E-state index contributed by atoms with van der Waals surface area (Å²) in [7, 11) is 0. The Morgan fingerprint density at radius 3 is 2.72 bits per heavy atom. The zero-order valence-electron chi connectivity index (χ0n) is 11.2. The average Bonchev–Trinajstić information content (AvgIpc) is 2.85. The Balaban J connectivity index is 2.43. The summed E-state index contributed by atoms with van der Waals surface area (Å²) in [5.74, 6) is 1.22. The summed E-state index contributed by atoms with van der Waals surface area (Å²) in [5, 5.41) is 3.02. The van der Waals surface area contributed by atoms with E-state index in [1.807, 2.05) is 12.1 Å². The molecule has 1 aromatic rings. The molecule has 0 fully saturated rings. The van der Waals surface area contributed by atoms with Crippen molar-refractivity contribution in [1.29, 1.82) is 0 Å². The number of thiophene rings is 1. The Labute approximate surface area is 119 Å². The predicted octanol–water partition coefficient (Wildman–Crippen LogP) is 4.09. The van der Waals surface area contributed by atoms with E-state index in [2.05, 4.69) is 19.2 Å². The summed E-state index contributed by atoms with van der Waals surface area (Å²) in [5.41, 5.74) is 0. The topological polar surface area (TPSA) is 29.1 Å². The molecule has 0 aliphatic carbocycles. The van der Waals surface area contributed by atoms with Gasteiger partial charge >= 0.3 is 0 Å². The smallest absolute Gasteiger partial charge is 0.261 e. The summed E-state index contributed by atoms with van der Waals surface area (Å²) >= 11 is 7.36. The van der Waals surface area contributed by atoms with Gasteiger partial charge in [0, 0.05) is 17.3 Å². The molecule has 2 nitrogen and oxygen atoms in total. The van der Waals surface area contributed by atoms with Crippen LogP contribution in [0.2, 0.25) is 0 Å². The highest BCUT2D eigenvalue weighted by molar-refractivity contribution is 7.14. The largest absolute Gasteiger partial charge is 0.351 e. The second-order valence-corrected chi connectivity index (χ2v) is 6.01. The van der Waals surface area contributed by atoms with Gasteiger partial charge in [-0.05, 0) is 37.3 Å². The molecule has 1 rings (SSSR count). The molecule has 1 heterocycles. The standard InChI is InChI=1S/C14H22ClNOS/c1-3-5-11(8-9-15)10-16-14(17)13-7-6-12(4-2)18-13/h6-7,11H,3-5,8-10H2,1-2H3,(H,16,17). The number of rotatable bonds is 8. The lowest BCUT2D eigenvalue weighted by Crippen LogP contribution is -2.29. The third-order valence-electron chi connectivity index (χ3n) is 3.00. The van der Waals surface area contributed by atoms with Gasteiger partial charge in [-0.3, -0.25) is 4.79 Å². The van der Waals surface area contributed by atoms with Gasteiger partial charge in [-0.1, -0.05) is 20.3 Å². The van der Waals surface area contributed by atoms with E-state index in [1.165, 1.54) is 4.88 Å². The molecule has 0 saturated heterocycles. The van der Waals surface area contributed by atoms with Crippen molar-refractivity contribution in [2.75, 3.05) is 12.4 Å². The summed E-state index contributed by atoms with van der Waals surface area (Å²) in [6, 6.07) is 3.94. The Hall–Kier alpha value is -0.540. The maximum absolute atomic E-state index is 12.0. The first-order valence-electron chi connectivity index (χ1n) is 6.64. The second-order valence-electron chi connectivity index (χ2n) is 4.46. The molecule has 0 aromatic carbocycles. The third-order valence-corrected chi connectivity index (χ3v) is 4.45. The van der Waals surface area contributed by atoms with Crippen LogP contribution in [0.4, 0.5) is 0 Å². The van der Waals surface area contributed by atoms with Crippen LogP contribution < -0.4 is 5.32 Å². The number of carbonyl (C=O) groups is 1. The van der Waals surface area contributed by atoms with Crippen molar-refractivity contribution in [1.82, 2.24) is 5.32 Å². The molecular weight excluding hydrogens is 266 g/mol. The molecule has 4 heteroatoms. The van der Waals surface area contributed by atoms with Crippen molar-refractivity contribution < 1.29 is 4.79 Å². The zero-order chi connectivity index (χ0) is 13.4. The summed E-state index contributed by atoms with van der Waals surface area (Å²) in [6.45, 7) is 5.00. The molecule has 0 spiro atoms. The zero-order valence-corrected chi connectivity index (χ0v) is 12.7. The molecule has 1 amide bonds. The van der Waals surface area contributed by atoms with Crippen LogP contribution in [0.3, 0.4) is 0 Å². The fourth-order valence-electron chi connectivity index (χ4n) is 1.93. The second kappa shape index (κ2) is 8.54. The van der Waals surface area contributed by atoms with Crippen molar-refractivity contribution in [3.8, 4) is 0 Å². The normalized spacial score (nSPS) is 12.4. The van der Waals surface area contributed by atoms with E-state index in [-0.39, 0.29) is 5.91 Å². The Bertz CT molecular complexity index is 358. The number of carbonyl (C=O) groups excluding carboxylic acids is 1. The van der Waals surface area contributed by atoms with E-state index >= 15 is 0 Å². The minimum atomic E-state index is 0.0513. The lowest BCUT2D eigenvalue weighted by molar-refractivity contribution is 0.0950. The molecule has 0 saturated carbocycles. The summed E-state index contributed by atoms with van der Waals surface area (Å²) < 4.78 is 0. The molecule has 0 aliphatic rings. The molecule has 102 valence electrons. The van der Waals surface area contributed by atoms with Gasteiger partial charge in [0.05, 0.1) is 4.88 Å². The van der Waals surface area contributed by atoms with Gasteiger partial charge in [0.1, 0.15) is 0 Å². The summed E-state index contributed by atoms with van der Waals surface area (Å²) in [6.07, 6.45) is 4.22. The lowest BCUT2D eigenvalue weighted by atomic mass is 10.0. The molecule has 18 heavy (non-hydrogen) atoms.